The van der Waals surface area contributed by atoms with Gasteiger partial charge in [0.1, 0.15) is 18.1 Å². The van der Waals surface area contributed by atoms with Crippen LogP contribution >= 0.6 is 0 Å². The number of pyridine rings is 1. The number of rotatable bonds is 8. The minimum Gasteiger partial charge on any atom is -0.492 e. The molecular formula is C26H32N6O3. The number of benzene rings is 1. The Morgan fingerprint density at radius 1 is 1.09 bits per heavy atom. The Bertz CT molecular complexity index is 1110. The van der Waals surface area contributed by atoms with Gasteiger partial charge in [-0.2, -0.15) is 5.10 Å². The lowest BCUT2D eigenvalue weighted by atomic mass is 10.1. The molecule has 0 saturated carbocycles. The molecule has 9 nitrogen and oxygen atoms in total. The second-order valence-corrected chi connectivity index (χ2v) is 8.88. The molecule has 2 saturated heterocycles. The van der Waals surface area contributed by atoms with Crippen molar-refractivity contribution in [1.29, 1.82) is 0 Å². The molecule has 2 aliphatic heterocycles. The molecule has 3 aromatic rings. The Labute approximate surface area is 205 Å². The first-order valence-electron chi connectivity index (χ1n) is 12.4. The van der Waals surface area contributed by atoms with Crippen LogP contribution in [0, 0.1) is 0 Å². The topological polar surface area (TPSA) is 95.6 Å². The number of nitrogens with zero attached hydrogens (tertiary/aromatic N) is 4. The maximum atomic E-state index is 13.2. The highest BCUT2D eigenvalue weighted by atomic mass is 16.5. The van der Waals surface area contributed by atoms with E-state index in [1.807, 2.05) is 24.3 Å². The zero-order chi connectivity index (χ0) is 23.9. The van der Waals surface area contributed by atoms with E-state index in [2.05, 4.69) is 36.4 Å². The Balaban J connectivity index is 1.32. The van der Waals surface area contributed by atoms with Crippen molar-refractivity contribution in [2.24, 2.45) is 0 Å². The average Bonchev–Trinajstić information content (AvgIpc) is 3.45. The van der Waals surface area contributed by atoms with Crippen molar-refractivity contribution in [3.63, 3.8) is 0 Å². The van der Waals surface area contributed by atoms with E-state index in [0.717, 1.165) is 81.5 Å². The highest BCUT2D eigenvalue weighted by Crippen LogP contribution is 2.32. The summed E-state index contributed by atoms with van der Waals surface area (Å²) in [6, 6.07) is 11.4. The summed E-state index contributed by atoms with van der Waals surface area (Å²) in [6.45, 7) is 6.82. The molecule has 2 aromatic heterocycles. The average molecular weight is 477 g/mol. The summed E-state index contributed by atoms with van der Waals surface area (Å²) in [4.78, 5) is 22.5. The van der Waals surface area contributed by atoms with Gasteiger partial charge in [-0.3, -0.25) is 14.8 Å². The van der Waals surface area contributed by atoms with Crippen molar-refractivity contribution in [3.05, 3.63) is 54.5 Å². The number of H-pyrrole nitrogens is 1. The third kappa shape index (κ3) is 5.98. The number of hydrogen-bond acceptors (Lipinski definition) is 7. The highest BCUT2D eigenvalue weighted by Gasteiger charge is 2.19. The fourth-order valence-corrected chi connectivity index (χ4v) is 4.53. The Kier molecular flexibility index (Phi) is 7.55. The number of anilines is 2. The lowest BCUT2D eigenvalue weighted by Crippen LogP contribution is -2.38. The molecule has 1 aromatic carbocycles. The van der Waals surface area contributed by atoms with Gasteiger partial charge in [-0.15, -0.1) is 0 Å². The molecule has 0 radical (unpaired) electrons. The van der Waals surface area contributed by atoms with Crippen LogP contribution in [0.5, 0.6) is 5.75 Å². The van der Waals surface area contributed by atoms with E-state index in [4.69, 9.17) is 9.47 Å². The number of piperidine rings is 1. The third-order valence-corrected chi connectivity index (χ3v) is 6.47. The van der Waals surface area contributed by atoms with E-state index in [9.17, 15) is 4.79 Å². The van der Waals surface area contributed by atoms with Crippen LogP contribution in [0.15, 0.2) is 48.8 Å². The molecule has 2 N–H and O–H groups in total. The smallest absolute Gasteiger partial charge is 0.274 e. The first-order valence-corrected chi connectivity index (χ1v) is 12.4. The molecule has 0 unspecified atom stereocenters. The number of aromatic nitrogens is 3. The van der Waals surface area contributed by atoms with E-state index in [1.165, 1.54) is 6.42 Å². The number of morpholine rings is 1. The molecule has 4 heterocycles. The van der Waals surface area contributed by atoms with Crippen molar-refractivity contribution in [2.45, 2.75) is 19.3 Å². The fraction of sp³-hybridized carbons (Fsp3) is 0.423. The van der Waals surface area contributed by atoms with Crippen molar-refractivity contribution in [1.82, 2.24) is 20.1 Å². The second kappa shape index (κ2) is 11.3. The molecule has 0 spiro atoms. The van der Waals surface area contributed by atoms with Crippen LogP contribution in [0.1, 0.15) is 29.8 Å². The van der Waals surface area contributed by atoms with Crippen LogP contribution in [0.25, 0.3) is 11.3 Å². The summed E-state index contributed by atoms with van der Waals surface area (Å²) in [5.74, 6) is 0.494. The standard InChI is InChI=1S/C26H32N6O3/c33-26(23-6-4-5-22(29-23)20-18-27-28-19-20)30-24-17-21(35-16-13-31-11-14-34-15-12-31)7-8-25(24)32-9-2-1-3-10-32/h4-8,17-19H,1-3,9-16H2,(H,27,28)(H,30,33). The summed E-state index contributed by atoms with van der Waals surface area (Å²) in [5, 5.41) is 9.86. The summed E-state index contributed by atoms with van der Waals surface area (Å²) >= 11 is 0. The van der Waals surface area contributed by atoms with E-state index < -0.39 is 0 Å². The van der Waals surface area contributed by atoms with Gasteiger partial charge in [-0.05, 0) is 43.5 Å². The van der Waals surface area contributed by atoms with Gasteiger partial charge in [-0.25, -0.2) is 4.98 Å². The SMILES string of the molecule is O=C(Nc1cc(OCCN2CCOCC2)ccc1N1CCCCC1)c1cccc(-c2cn[nH]c2)n1. The Hall–Kier alpha value is -3.43. The maximum absolute atomic E-state index is 13.2. The second-order valence-electron chi connectivity index (χ2n) is 8.88. The van der Waals surface area contributed by atoms with Gasteiger partial charge in [0.05, 0.1) is 36.5 Å². The van der Waals surface area contributed by atoms with Gasteiger partial charge in [0.2, 0.25) is 0 Å². The summed E-state index contributed by atoms with van der Waals surface area (Å²) in [6.07, 6.45) is 7.00. The van der Waals surface area contributed by atoms with Crippen LogP contribution in [-0.4, -0.2) is 78.5 Å². The Morgan fingerprint density at radius 3 is 2.74 bits per heavy atom. The normalized spacial score (nSPS) is 16.7. The number of ether oxygens (including phenoxy) is 2. The van der Waals surface area contributed by atoms with Crippen molar-refractivity contribution in [3.8, 4) is 17.0 Å². The number of amides is 1. The van der Waals surface area contributed by atoms with Gasteiger partial charge in [0.25, 0.3) is 5.91 Å². The number of aromatic amines is 1. The van der Waals surface area contributed by atoms with Gasteiger partial charge in [0, 0.05) is 50.6 Å². The molecule has 0 atom stereocenters. The minimum absolute atomic E-state index is 0.251. The van der Waals surface area contributed by atoms with Crippen LogP contribution in [0.3, 0.4) is 0 Å². The zero-order valence-electron chi connectivity index (χ0n) is 19.9. The molecule has 1 amide bonds. The zero-order valence-corrected chi connectivity index (χ0v) is 19.9. The van der Waals surface area contributed by atoms with Gasteiger partial charge in [0.15, 0.2) is 0 Å². The van der Waals surface area contributed by atoms with E-state index >= 15 is 0 Å². The van der Waals surface area contributed by atoms with Crippen molar-refractivity contribution < 1.29 is 14.3 Å². The van der Waals surface area contributed by atoms with Crippen LogP contribution < -0.4 is 15.0 Å². The molecule has 0 aliphatic carbocycles. The van der Waals surface area contributed by atoms with Crippen molar-refractivity contribution in [2.75, 3.05) is 62.8 Å². The predicted octanol–water partition coefficient (Wildman–Crippen LogP) is 3.43. The predicted molar refractivity (Wildman–Crippen MR) is 135 cm³/mol. The number of carbonyl (C=O) groups excluding carboxylic acids is 1. The minimum atomic E-state index is -0.251. The van der Waals surface area contributed by atoms with E-state index in [0.29, 0.717) is 18.0 Å². The first kappa shape index (κ1) is 23.3. The van der Waals surface area contributed by atoms with Gasteiger partial charge >= 0.3 is 0 Å². The highest BCUT2D eigenvalue weighted by molar-refractivity contribution is 6.05. The van der Waals surface area contributed by atoms with Crippen molar-refractivity contribution >= 4 is 17.3 Å². The largest absolute Gasteiger partial charge is 0.492 e. The summed E-state index contributed by atoms with van der Waals surface area (Å²) < 4.78 is 11.5. The van der Waals surface area contributed by atoms with E-state index in [1.54, 1.807) is 18.5 Å². The van der Waals surface area contributed by atoms with Gasteiger partial charge in [-0.1, -0.05) is 6.07 Å². The first-order chi connectivity index (χ1) is 17.3. The van der Waals surface area contributed by atoms with Crippen LogP contribution in [-0.2, 0) is 4.74 Å². The lowest BCUT2D eigenvalue weighted by molar-refractivity contribution is 0.0322. The fourth-order valence-electron chi connectivity index (χ4n) is 4.53. The quantitative estimate of drug-likeness (QED) is 0.514. The number of hydrogen-bond donors (Lipinski definition) is 2. The molecule has 0 bridgehead atoms. The van der Waals surface area contributed by atoms with E-state index in [-0.39, 0.29) is 5.91 Å². The molecule has 184 valence electrons. The number of nitrogens with one attached hydrogen (secondary N) is 2. The molecule has 2 aliphatic rings. The lowest BCUT2D eigenvalue weighted by Gasteiger charge is -2.31. The van der Waals surface area contributed by atoms with Gasteiger partial charge < -0.3 is 19.7 Å². The van der Waals surface area contributed by atoms with Crippen LogP contribution in [0.2, 0.25) is 0 Å². The van der Waals surface area contributed by atoms with Crippen LogP contribution in [0.4, 0.5) is 11.4 Å². The Morgan fingerprint density at radius 2 is 1.94 bits per heavy atom. The third-order valence-electron chi connectivity index (χ3n) is 6.47. The summed E-state index contributed by atoms with van der Waals surface area (Å²) in [5.41, 5.74) is 3.65. The molecule has 5 rings (SSSR count). The maximum Gasteiger partial charge on any atom is 0.274 e. The molecule has 9 heteroatoms. The molecular weight excluding hydrogens is 444 g/mol. The monoisotopic (exact) mass is 476 g/mol. The summed E-state index contributed by atoms with van der Waals surface area (Å²) in [7, 11) is 0. The number of carbonyl (C=O) groups is 1. The molecule has 2 fully saturated rings. The molecule has 35 heavy (non-hydrogen) atoms.